The molecule has 180 valence electrons. The molecule has 0 N–H and O–H groups in total. The summed E-state index contributed by atoms with van der Waals surface area (Å²) in [7, 11) is -1.11. The van der Waals surface area contributed by atoms with Crippen LogP contribution in [0, 0.1) is 0 Å². The number of nitrogens with zero attached hydrogens (tertiary/aromatic N) is 1. The fraction of sp³-hybridized carbons (Fsp3) is 0.0303. The third-order valence-electron chi connectivity index (χ3n) is 6.98. The number of fused-ring (bicyclic) bond motifs is 1. The van der Waals surface area contributed by atoms with Crippen molar-refractivity contribution in [3.05, 3.63) is 138 Å². The van der Waals surface area contributed by atoms with E-state index in [0.717, 1.165) is 49.2 Å². The van der Waals surface area contributed by atoms with Crippen molar-refractivity contribution in [2.75, 3.05) is 0 Å². The van der Waals surface area contributed by atoms with Gasteiger partial charge in [0.25, 0.3) is 0 Å². The highest BCUT2D eigenvalue weighted by molar-refractivity contribution is 7.85. The van der Waals surface area contributed by atoms with E-state index in [2.05, 4.69) is 54.1 Å². The molecule has 0 unspecified atom stereocenters. The van der Waals surface area contributed by atoms with Crippen LogP contribution >= 0.6 is 18.7 Å². The lowest BCUT2D eigenvalue weighted by Crippen LogP contribution is -2.26. The summed E-state index contributed by atoms with van der Waals surface area (Å²) >= 11 is 6.26. The van der Waals surface area contributed by atoms with E-state index in [9.17, 15) is 0 Å². The minimum absolute atomic E-state index is 0.698. The second-order valence-electron chi connectivity index (χ2n) is 9.10. The molecule has 0 amide bonds. The lowest BCUT2D eigenvalue weighted by molar-refractivity contribution is 0.592. The van der Waals surface area contributed by atoms with Gasteiger partial charge >= 0.3 is 0 Å². The monoisotopic (exact) mass is 517 g/mol. The van der Waals surface area contributed by atoms with E-state index in [-0.39, 0.29) is 0 Å². The molecule has 0 aliphatic rings. The molecular weight excluding hydrogens is 493 g/mol. The first-order chi connectivity index (χ1) is 18.1. The Kier molecular flexibility index (Phi) is 6.08. The van der Waals surface area contributed by atoms with Crippen molar-refractivity contribution in [3.63, 3.8) is 0 Å². The standard InChI is InChI=1S/C33H25ClNOP/c1-35-30-18-10-8-16-28(30)32(24-20-22-25(34)23-21-24)33(35)29-17-9-11-19-31(29)37(36,26-12-4-2-5-13-26)27-14-6-3-7-15-27/h2-23H,1H3. The van der Waals surface area contributed by atoms with E-state index in [0.29, 0.717) is 5.02 Å². The second kappa shape index (κ2) is 9.56. The van der Waals surface area contributed by atoms with E-state index in [1.807, 2.05) is 91.0 Å². The molecule has 0 saturated heterocycles. The Morgan fingerprint density at radius 1 is 0.622 bits per heavy atom. The van der Waals surface area contributed by atoms with E-state index in [4.69, 9.17) is 11.6 Å². The molecule has 5 aromatic carbocycles. The van der Waals surface area contributed by atoms with Crippen LogP contribution < -0.4 is 15.9 Å². The maximum Gasteiger partial charge on any atom is 0.171 e. The third-order valence-corrected chi connectivity index (χ3v) is 10.3. The highest BCUT2D eigenvalue weighted by Crippen LogP contribution is 2.48. The van der Waals surface area contributed by atoms with Crippen molar-refractivity contribution in [2.45, 2.75) is 0 Å². The van der Waals surface area contributed by atoms with Crippen molar-refractivity contribution in [2.24, 2.45) is 7.05 Å². The molecular formula is C33H25ClNOP. The topological polar surface area (TPSA) is 22.0 Å². The molecule has 2 nitrogen and oxygen atoms in total. The summed E-state index contributed by atoms with van der Waals surface area (Å²) in [6, 6.07) is 44.2. The van der Waals surface area contributed by atoms with Crippen LogP contribution in [0.5, 0.6) is 0 Å². The van der Waals surface area contributed by atoms with Gasteiger partial charge in [-0.2, -0.15) is 0 Å². The lowest BCUT2D eigenvalue weighted by atomic mass is 9.98. The molecule has 4 heteroatoms. The summed E-state index contributed by atoms with van der Waals surface area (Å²) < 4.78 is 17.6. The zero-order valence-electron chi connectivity index (χ0n) is 20.4. The van der Waals surface area contributed by atoms with Crippen LogP contribution in [0.3, 0.4) is 0 Å². The Balaban J connectivity index is 1.72. The number of aromatic nitrogens is 1. The zero-order chi connectivity index (χ0) is 25.4. The van der Waals surface area contributed by atoms with Crippen LogP contribution in [0.25, 0.3) is 33.3 Å². The van der Waals surface area contributed by atoms with Crippen molar-refractivity contribution < 1.29 is 4.57 Å². The van der Waals surface area contributed by atoms with Gasteiger partial charge in [0.1, 0.15) is 0 Å². The lowest BCUT2D eigenvalue weighted by Gasteiger charge is -2.23. The minimum atomic E-state index is -3.20. The van der Waals surface area contributed by atoms with Gasteiger partial charge in [0.2, 0.25) is 0 Å². The van der Waals surface area contributed by atoms with Crippen molar-refractivity contribution in [3.8, 4) is 22.4 Å². The van der Waals surface area contributed by atoms with Crippen molar-refractivity contribution in [1.29, 1.82) is 0 Å². The van der Waals surface area contributed by atoms with E-state index in [1.165, 1.54) is 0 Å². The molecule has 0 aliphatic heterocycles. The third kappa shape index (κ3) is 3.94. The van der Waals surface area contributed by atoms with Crippen LogP contribution in [-0.2, 0) is 11.6 Å². The average Bonchev–Trinajstić information content (AvgIpc) is 3.26. The van der Waals surface area contributed by atoms with Crippen LogP contribution in [0.4, 0.5) is 0 Å². The maximum atomic E-state index is 15.4. The SMILES string of the molecule is Cn1c(-c2ccccc2P(=O)(c2ccccc2)c2ccccc2)c(-c2ccc(Cl)cc2)c2ccccc21. The predicted molar refractivity (Wildman–Crippen MR) is 158 cm³/mol. The van der Waals surface area contributed by atoms with Crippen LogP contribution in [-0.4, -0.2) is 4.57 Å². The molecule has 6 aromatic rings. The quantitative estimate of drug-likeness (QED) is 0.214. The minimum Gasteiger partial charge on any atom is -0.343 e. The van der Waals surface area contributed by atoms with Crippen LogP contribution in [0.2, 0.25) is 5.02 Å². The largest absolute Gasteiger partial charge is 0.343 e. The molecule has 0 spiro atoms. The zero-order valence-corrected chi connectivity index (χ0v) is 22.0. The van der Waals surface area contributed by atoms with Gasteiger partial charge in [-0.25, -0.2) is 0 Å². The first-order valence-electron chi connectivity index (χ1n) is 12.2. The van der Waals surface area contributed by atoms with Gasteiger partial charge in [-0.05, 0) is 23.8 Å². The van der Waals surface area contributed by atoms with Crippen LogP contribution in [0.15, 0.2) is 133 Å². The Hall–Kier alpha value is -3.84. The molecule has 1 heterocycles. The number of hydrogen-bond acceptors (Lipinski definition) is 1. The van der Waals surface area contributed by atoms with Crippen molar-refractivity contribution >= 4 is 45.6 Å². The average molecular weight is 518 g/mol. The molecule has 1 aromatic heterocycles. The first-order valence-corrected chi connectivity index (χ1v) is 14.3. The normalized spacial score (nSPS) is 11.6. The van der Waals surface area contributed by atoms with E-state index >= 15 is 4.57 Å². The molecule has 0 aliphatic carbocycles. The van der Waals surface area contributed by atoms with E-state index < -0.39 is 7.14 Å². The summed E-state index contributed by atoms with van der Waals surface area (Å²) in [5, 5.41) is 4.31. The summed E-state index contributed by atoms with van der Waals surface area (Å²) in [5.74, 6) is 0. The smallest absolute Gasteiger partial charge is 0.171 e. The van der Waals surface area contributed by atoms with Gasteiger partial charge in [0.05, 0.1) is 5.69 Å². The van der Waals surface area contributed by atoms with Gasteiger partial charge < -0.3 is 9.13 Å². The Morgan fingerprint density at radius 3 is 1.81 bits per heavy atom. The second-order valence-corrected chi connectivity index (χ2v) is 12.3. The highest BCUT2D eigenvalue weighted by Gasteiger charge is 2.33. The van der Waals surface area contributed by atoms with Gasteiger partial charge in [0, 0.05) is 50.0 Å². The Morgan fingerprint density at radius 2 is 1.16 bits per heavy atom. The summed E-state index contributed by atoms with van der Waals surface area (Å²) in [4.78, 5) is 0. The number of benzene rings is 5. The number of rotatable bonds is 5. The molecule has 6 rings (SSSR count). The van der Waals surface area contributed by atoms with Gasteiger partial charge in [-0.1, -0.05) is 127 Å². The first kappa shape index (κ1) is 23.6. The molecule has 0 atom stereocenters. The molecule has 37 heavy (non-hydrogen) atoms. The number of aryl methyl sites for hydroxylation is 1. The highest BCUT2D eigenvalue weighted by atomic mass is 35.5. The summed E-state index contributed by atoms with van der Waals surface area (Å²) in [5.41, 5.74) is 5.29. The molecule has 0 radical (unpaired) electrons. The number of halogens is 1. The number of hydrogen-bond donors (Lipinski definition) is 0. The Bertz CT molecular complexity index is 1710. The van der Waals surface area contributed by atoms with Crippen molar-refractivity contribution in [1.82, 2.24) is 4.57 Å². The molecule has 0 saturated carbocycles. The maximum absolute atomic E-state index is 15.4. The molecule has 0 fully saturated rings. The van der Waals surface area contributed by atoms with E-state index in [1.54, 1.807) is 0 Å². The fourth-order valence-corrected chi connectivity index (χ4v) is 8.25. The fourth-order valence-electron chi connectivity index (χ4n) is 5.27. The van der Waals surface area contributed by atoms with Crippen LogP contribution in [0.1, 0.15) is 0 Å². The molecule has 0 bridgehead atoms. The van der Waals surface area contributed by atoms with Gasteiger partial charge in [0.15, 0.2) is 7.14 Å². The number of para-hydroxylation sites is 1. The summed E-state index contributed by atoms with van der Waals surface area (Å²) in [6.07, 6.45) is 0. The predicted octanol–water partition coefficient (Wildman–Crippen LogP) is 7.81. The van der Waals surface area contributed by atoms with Gasteiger partial charge in [-0.15, -0.1) is 0 Å². The Labute approximate surface area is 222 Å². The summed E-state index contributed by atoms with van der Waals surface area (Å²) in [6.45, 7) is 0. The van der Waals surface area contributed by atoms with Gasteiger partial charge in [-0.3, -0.25) is 0 Å².